The van der Waals surface area contributed by atoms with E-state index in [1.165, 1.54) is 6.92 Å². The molecule has 3 rings (SSSR count). The third kappa shape index (κ3) is 2.89. The van der Waals surface area contributed by atoms with E-state index in [9.17, 15) is 4.79 Å². The molecule has 1 aromatic rings. The highest BCUT2D eigenvalue weighted by atomic mass is 16.8. The molecule has 120 valence electrons. The monoisotopic (exact) mass is 306 g/mol. The summed E-state index contributed by atoms with van der Waals surface area (Å²) in [6, 6.07) is 9.92. The Morgan fingerprint density at radius 1 is 1.14 bits per heavy atom. The summed E-state index contributed by atoms with van der Waals surface area (Å²) in [7, 11) is 0. The molecule has 5 nitrogen and oxygen atoms in total. The number of fused-ring (bicyclic) bond motifs is 1. The second kappa shape index (κ2) is 5.65. The van der Waals surface area contributed by atoms with E-state index in [0.717, 1.165) is 5.56 Å². The Bertz CT molecular complexity index is 541. The number of hydrogen-bond acceptors (Lipinski definition) is 5. The molecule has 0 amide bonds. The van der Waals surface area contributed by atoms with Crippen molar-refractivity contribution in [2.75, 3.05) is 0 Å². The third-order valence-corrected chi connectivity index (χ3v) is 4.04. The average Bonchev–Trinajstić information content (AvgIpc) is 2.78. The molecule has 2 saturated heterocycles. The lowest BCUT2D eigenvalue weighted by atomic mass is 9.91. The van der Waals surface area contributed by atoms with Crippen molar-refractivity contribution >= 4 is 5.97 Å². The van der Waals surface area contributed by atoms with E-state index < -0.39 is 11.9 Å². The topological polar surface area (TPSA) is 54.0 Å². The maximum absolute atomic E-state index is 11.4. The van der Waals surface area contributed by atoms with Gasteiger partial charge in [0.05, 0.1) is 6.10 Å². The van der Waals surface area contributed by atoms with Crippen LogP contribution < -0.4 is 0 Å². The molecule has 0 unspecified atom stereocenters. The summed E-state index contributed by atoms with van der Waals surface area (Å²) in [6.45, 7) is 7.02. The first-order chi connectivity index (χ1) is 10.4. The fourth-order valence-corrected chi connectivity index (χ4v) is 3.22. The van der Waals surface area contributed by atoms with Crippen molar-refractivity contribution in [1.29, 1.82) is 0 Å². The molecular formula is C17H22O5. The Balaban J connectivity index is 1.92. The third-order valence-electron chi connectivity index (χ3n) is 4.04. The quantitative estimate of drug-likeness (QED) is 0.786. The summed E-state index contributed by atoms with van der Waals surface area (Å²) >= 11 is 0. The van der Waals surface area contributed by atoms with Crippen LogP contribution in [0.3, 0.4) is 0 Å². The molecule has 2 aliphatic heterocycles. The van der Waals surface area contributed by atoms with Gasteiger partial charge in [0.15, 0.2) is 11.9 Å². The van der Waals surface area contributed by atoms with Crippen LogP contribution in [0.1, 0.15) is 39.4 Å². The van der Waals surface area contributed by atoms with Gasteiger partial charge in [0.1, 0.15) is 18.3 Å². The van der Waals surface area contributed by atoms with Gasteiger partial charge < -0.3 is 18.9 Å². The molecule has 0 saturated carbocycles. The van der Waals surface area contributed by atoms with Gasteiger partial charge in [-0.1, -0.05) is 30.3 Å². The minimum Gasteiger partial charge on any atom is -0.457 e. The normalized spacial score (nSPS) is 36.6. The van der Waals surface area contributed by atoms with Crippen LogP contribution in [0.15, 0.2) is 30.3 Å². The Kier molecular flexibility index (Phi) is 3.97. The van der Waals surface area contributed by atoms with Gasteiger partial charge in [-0.15, -0.1) is 0 Å². The molecular weight excluding hydrogens is 284 g/mol. The van der Waals surface area contributed by atoms with Crippen LogP contribution >= 0.6 is 0 Å². The van der Waals surface area contributed by atoms with E-state index in [1.54, 1.807) is 0 Å². The summed E-state index contributed by atoms with van der Waals surface area (Å²) in [6.07, 6.45) is -1.63. The van der Waals surface area contributed by atoms with E-state index in [1.807, 2.05) is 51.1 Å². The van der Waals surface area contributed by atoms with Gasteiger partial charge in [0.25, 0.3) is 0 Å². The number of esters is 1. The highest BCUT2D eigenvalue weighted by molar-refractivity contribution is 5.66. The molecule has 1 aromatic carbocycles. The predicted molar refractivity (Wildman–Crippen MR) is 79.1 cm³/mol. The van der Waals surface area contributed by atoms with Crippen LogP contribution in [-0.2, 0) is 23.7 Å². The van der Waals surface area contributed by atoms with Crippen molar-refractivity contribution in [3.05, 3.63) is 35.9 Å². The molecule has 0 aromatic heterocycles. The molecule has 22 heavy (non-hydrogen) atoms. The standard InChI is InChI=1S/C17H22O5/c1-10-13(20-11(2)18)15-16(22-17(3,4)21-15)14(19-10)12-8-6-5-7-9-12/h5-10,13-16H,1-4H3/t10-,13-,14-,15+,16-/m0/s1. The smallest absolute Gasteiger partial charge is 0.303 e. The Hall–Kier alpha value is -1.43. The van der Waals surface area contributed by atoms with Gasteiger partial charge in [-0.3, -0.25) is 4.79 Å². The van der Waals surface area contributed by atoms with E-state index in [4.69, 9.17) is 18.9 Å². The second-order valence-corrected chi connectivity index (χ2v) is 6.31. The molecule has 5 atom stereocenters. The highest BCUT2D eigenvalue weighted by Gasteiger charge is 2.55. The van der Waals surface area contributed by atoms with E-state index in [0.29, 0.717) is 0 Å². The van der Waals surface area contributed by atoms with Gasteiger partial charge in [-0.2, -0.15) is 0 Å². The number of carbonyl (C=O) groups excluding carboxylic acids is 1. The van der Waals surface area contributed by atoms with Crippen LogP contribution in [0.4, 0.5) is 0 Å². The van der Waals surface area contributed by atoms with Crippen molar-refractivity contribution in [1.82, 2.24) is 0 Å². The molecule has 5 heteroatoms. The van der Waals surface area contributed by atoms with Crippen LogP contribution in [0, 0.1) is 0 Å². The lowest BCUT2D eigenvalue weighted by Crippen LogP contribution is -2.53. The van der Waals surface area contributed by atoms with Gasteiger partial charge in [0.2, 0.25) is 0 Å². The molecule has 2 heterocycles. The minimum atomic E-state index is -0.728. The zero-order valence-electron chi connectivity index (χ0n) is 13.3. The summed E-state index contributed by atoms with van der Waals surface area (Å²) in [4.78, 5) is 11.4. The van der Waals surface area contributed by atoms with Crippen LogP contribution in [-0.4, -0.2) is 36.2 Å². The molecule has 0 radical (unpaired) electrons. The molecule has 0 bridgehead atoms. The first-order valence-corrected chi connectivity index (χ1v) is 7.61. The van der Waals surface area contributed by atoms with E-state index >= 15 is 0 Å². The SMILES string of the molecule is CC(=O)O[C@@H]1[C@H]2OC(C)(C)O[C@H]2[C@H](c2ccccc2)O[C@H]1C. The van der Waals surface area contributed by atoms with Crippen LogP contribution in [0.2, 0.25) is 0 Å². The molecule has 0 N–H and O–H groups in total. The lowest BCUT2D eigenvalue weighted by molar-refractivity contribution is -0.203. The Morgan fingerprint density at radius 3 is 2.41 bits per heavy atom. The summed E-state index contributed by atoms with van der Waals surface area (Å²) < 4.78 is 23.6. The minimum absolute atomic E-state index is 0.241. The first kappa shape index (κ1) is 15.5. The number of carbonyl (C=O) groups is 1. The van der Waals surface area contributed by atoms with E-state index in [-0.39, 0.29) is 30.4 Å². The number of ether oxygens (including phenoxy) is 4. The number of rotatable bonds is 2. The van der Waals surface area contributed by atoms with Crippen molar-refractivity contribution in [2.24, 2.45) is 0 Å². The lowest BCUT2D eigenvalue weighted by Gasteiger charge is -2.40. The molecule has 2 aliphatic rings. The van der Waals surface area contributed by atoms with E-state index in [2.05, 4.69) is 0 Å². The maximum atomic E-state index is 11.4. The predicted octanol–water partition coefficient (Wildman–Crippen LogP) is 2.60. The average molecular weight is 306 g/mol. The first-order valence-electron chi connectivity index (χ1n) is 7.61. The zero-order valence-corrected chi connectivity index (χ0v) is 13.3. The van der Waals surface area contributed by atoms with Gasteiger partial charge in [-0.05, 0) is 26.3 Å². The highest BCUT2D eigenvalue weighted by Crippen LogP contribution is 2.44. The molecule has 2 fully saturated rings. The fraction of sp³-hybridized carbons (Fsp3) is 0.588. The second-order valence-electron chi connectivity index (χ2n) is 6.31. The Labute approximate surface area is 130 Å². The van der Waals surface area contributed by atoms with Gasteiger partial charge in [-0.25, -0.2) is 0 Å². The molecule has 0 aliphatic carbocycles. The van der Waals surface area contributed by atoms with Crippen molar-refractivity contribution in [2.45, 2.75) is 64.0 Å². The molecule has 0 spiro atoms. The number of benzene rings is 1. The van der Waals surface area contributed by atoms with Crippen LogP contribution in [0.5, 0.6) is 0 Å². The maximum Gasteiger partial charge on any atom is 0.303 e. The fourth-order valence-electron chi connectivity index (χ4n) is 3.22. The summed E-state index contributed by atoms with van der Waals surface area (Å²) in [5, 5.41) is 0. The van der Waals surface area contributed by atoms with Crippen molar-refractivity contribution in [3.63, 3.8) is 0 Å². The summed E-state index contributed by atoms with van der Waals surface area (Å²) in [5.74, 6) is -1.07. The van der Waals surface area contributed by atoms with Crippen molar-refractivity contribution in [3.8, 4) is 0 Å². The number of hydrogen-bond donors (Lipinski definition) is 0. The van der Waals surface area contributed by atoms with Crippen LogP contribution in [0.25, 0.3) is 0 Å². The Morgan fingerprint density at radius 2 is 1.77 bits per heavy atom. The summed E-state index contributed by atoms with van der Waals surface area (Å²) in [5.41, 5.74) is 1.03. The largest absolute Gasteiger partial charge is 0.457 e. The van der Waals surface area contributed by atoms with Gasteiger partial charge >= 0.3 is 5.97 Å². The zero-order chi connectivity index (χ0) is 15.9. The van der Waals surface area contributed by atoms with Crippen molar-refractivity contribution < 1.29 is 23.7 Å². The van der Waals surface area contributed by atoms with Gasteiger partial charge in [0, 0.05) is 6.92 Å².